The predicted octanol–water partition coefficient (Wildman–Crippen LogP) is 4.45. The van der Waals surface area contributed by atoms with Gasteiger partial charge in [0.1, 0.15) is 6.29 Å². The molecule has 0 fully saturated rings. The van der Waals surface area contributed by atoms with Gasteiger partial charge in [0.2, 0.25) is 0 Å². The van der Waals surface area contributed by atoms with Gasteiger partial charge >= 0.3 is 12.2 Å². The van der Waals surface area contributed by atoms with E-state index in [0.717, 1.165) is 17.4 Å². The van der Waals surface area contributed by atoms with E-state index in [1.54, 1.807) is 44.2 Å². The van der Waals surface area contributed by atoms with Gasteiger partial charge in [-0.25, -0.2) is 9.59 Å². The van der Waals surface area contributed by atoms with Crippen molar-refractivity contribution in [2.45, 2.75) is 32.4 Å². The summed E-state index contributed by atoms with van der Waals surface area (Å²) < 4.78 is 9.46. The van der Waals surface area contributed by atoms with E-state index in [1.165, 1.54) is 12.2 Å². The SMILES string of the molecule is CCOC(=O)NC1C=CC(=O)/C1=C/c1ccccc1.CCOC(=O)NC1C=CC(=O)C1.O=Cc1ccccc1. The van der Waals surface area contributed by atoms with Crippen LogP contribution in [-0.4, -0.2) is 55.3 Å². The van der Waals surface area contributed by atoms with Gasteiger partial charge in [0.05, 0.1) is 25.3 Å². The van der Waals surface area contributed by atoms with Crippen LogP contribution < -0.4 is 10.6 Å². The van der Waals surface area contributed by atoms with Gasteiger partial charge in [-0.2, -0.15) is 0 Å². The van der Waals surface area contributed by atoms with Gasteiger partial charge in [0, 0.05) is 17.6 Å². The first-order chi connectivity index (χ1) is 18.9. The average Bonchev–Trinajstić information content (AvgIpc) is 3.50. The van der Waals surface area contributed by atoms with Crippen molar-refractivity contribution in [2.24, 2.45) is 0 Å². The molecule has 2 aliphatic carbocycles. The van der Waals surface area contributed by atoms with E-state index in [2.05, 4.69) is 15.4 Å². The molecular weight excluding hydrogens is 500 g/mol. The van der Waals surface area contributed by atoms with Crippen LogP contribution in [0.5, 0.6) is 0 Å². The fourth-order valence-electron chi connectivity index (χ4n) is 3.38. The number of hydrogen-bond acceptors (Lipinski definition) is 7. The number of rotatable bonds is 6. The highest BCUT2D eigenvalue weighted by Gasteiger charge is 2.24. The third-order valence-electron chi connectivity index (χ3n) is 5.18. The monoisotopic (exact) mass is 532 g/mol. The molecule has 4 rings (SSSR count). The molecule has 0 aromatic heterocycles. The lowest BCUT2D eigenvalue weighted by Gasteiger charge is -2.12. The molecule has 0 heterocycles. The second-order valence-electron chi connectivity index (χ2n) is 8.11. The van der Waals surface area contributed by atoms with E-state index in [-0.39, 0.29) is 17.6 Å². The molecule has 2 N–H and O–H groups in total. The summed E-state index contributed by atoms with van der Waals surface area (Å²) in [6.45, 7) is 4.11. The number of nitrogens with one attached hydrogen (secondary N) is 2. The fourth-order valence-corrected chi connectivity index (χ4v) is 3.38. The van der Waals surface area contributed by atoms with Gasteiger partial charge < -0.3 is 20.1 Å². The van der Waals surface area contributed by atoms with Crippen molar-refractivity contribution in [2.75, 3.05) is 13.2 Å². The molecule has 0 radical (unpaired) electrons. The molecule has 2 aromatic rings. The van der Waals surface area contributed by atoms with Crippen molar-refractivity contribution in [1.82, 2.24) is 10.6 Å². The summed E-state index contributed by atoms with van der Waals surface area (Å²) in [4.78, 5) is 54.7. The second kappa shape index (κ2) is 16.9. The molecule has 0 saturated heterocycles. The number of benzene rings is 2. The Morgan fingerprint density at radius 3 is 1.87 bits per heavy atom. The first-order valence-corrected chi connectivity index (χ1v) is 12.4. The second-order valence-corrected chi connectivity index (χ2v) is 8.11. The van der Waals surface area contributed by atoms with E-state index in [1.807, 2.05) is 48.5 Å². The Labute approximate surface area is 227 Å². The van der Waals surface area contributed by atoms with Crippen LogP contribution in [-0.2, 0) is 19.1 Å². The maximum Gasteiger partial charge on any atom is 0.407 e. The highest BCUT2D eigenvalue weighted by atomic mass is 16.6. The molecule has 39 heavy (non-hydrogen) atoms. The third kappa shape index (κ3) is 11.4. The van der Waals surface area contributed by atoms with Crippen molar-refractivity contribution in [3.63, 3.8) is 0 Å². The number of hydrogen-bond donors (Lipinski definition) is 2. The van der Waals surface area contributed by atoms with Crippen LogP contribution in [0.1, 0.15) is 36.2 Å². The zero-order valence-corrected chi connectivity index (χ0v) is 21.9. The molecular formula is C30H32N2O7. The predicted molar refractivity (Wildman–Crippen MR) is 147 cm³/mol. The Morgan fingerprint density at radius 1 is 0.821 bits per heavy atom. The fraction of sp³-hybridized carbons (Fsp3) is 0.233. The molecule has 0 bridgehead atoms. The number of ketones is 2. The van der Waals surface area contributed by atoms with Crippen LogP contribution in [0.3, 0.4) is 0 Å². The van der Waals surface area contributed by atoms with Gasteiger partial charge in [-0.1, -0.05) is 72.8 Å². The van der Waals surface area contributed by atoms with Crippen molar-refractivity contribution in [1.29, 1.82) is 0 Å². The smallest absolute Gasteiger partial charge is 0.407 e. The first-order valence-electron chi connectivity index (χ1n) is 12.4. The van der Waals surface area contributed by atoms with E-state index in [9.17, 15) is 24.0 Å². The van der Waals surface area contributed by atoms with E-state index in [0.29, 0.717) is 25.2 Å². The zero-order chi connectivity index (χ0) is 28.5. The molecule has 9 nitrogen and oxygen atoms in total. The van der Waals surface area contributed by atoms with Crippen LogP contribution in [0, 0.1) is 0 Å². The molecule has 2 amide bonds. The number of allylic oxidation sites excluding steroid dienone is 2. The van der Waals surface area contributed by atoms with Crippen LogP contribution in [0.2, 0.25) is 0 Å². The maximum atomic E-state index is 11.8. The minimum Gasteiger partial charge on any atom is -0.450 e. The van der Waals surface area contributed by atoms with Crippen molar-refractivity contribution in [3.05, 3.63) is 102 Å². The van der Waals surface area contributed by atoms with Crippen LogP contribution in [0.25, 0.3) is 6.08 Å². The molecule has 2 atom stereocenters. The van der Waals surface area contributed by atoms with Gasteiger partial charge in [-0.15, -0.1) is 0 Å². The number of alkyl carbamates (subject to hydrolysis) is 2. The van der Waals surface area contributed by atoms with E-state index in [4.69, 9.17) is 4.74 Å². The Morgan fingerprint density at radius 2 is 1.38 bits per heavy atom. The van der Waals surface area contributed by atoms with Crippen molar-refractivity contribution < 1.29 is 33.4 Å². The Balaban J connectivity index is 0.000000227. The molecule has 0 aliphatic heterocycles. The number of carbonyl (C=O) groups is 5. The summed E-state index contributed by atoms with van der Waals surface area (Å²) in [7, 11) is 0. The molecule has 0 spiro atoms. The van der Waals surface area contributed by atoms with Gasteiger partial charge in [-0.3, -0.25) is 14.4 Å². The molecule has 2 aliphatic rings. The van der Waals surface area contributed by atoms with Crippen LogP contribution >= 0.6 is 0 Å². The zero-order valence-electron chi connectivity index (χ0n) is 21.9. The highest BCUT2D eigenvalue weighted by Crippen LogP contribution is 2.18. The Kier molecular flexibility index (Phi) is 13.2. The van der Waals surface area contributed by atoms with E-state index < -0.39 is 18.2 Å². The summed E-state index contributed by atoms with van der Waals surface area (Å²) in [5, 5.41) is 5.18. The Bertz CT molecular complexity index is 1200. The lowest BCUT2D eigenvalue weighted by atomic mass is 10.1. The summed E-state index contributed by atoms with van der Waals surface area (Å²) in [6.07, 6.45) is 8.22. The number of amides is 2. The lowest BCUT2D eigenvalue weighted by molar-refractivity contribution is -0.114. The molecule has 0 saturated carbocycles. The number of carbonyl (C=O) groups excluding carboxylic acids is 5. The molecule has 2 unspecified atom stereocenters. The number of aldehydes is 1. The molecule has 9 heteroatoms. The average molecular weight is 533 g/mol. The van der Waals surface area contributed by atoms with E-state index >= 15 is 0 Å². The van der Waals surface area contributed by atoms with Gasteiger partial charge in [0.15, 0.2) is 11.6 Å². The molecule has 204 valence electrons. The summed E-state index contributed by atoms with van der Waals surface area (Å²) in [5.41, 5.74) is 2.19. The van der Waals surface area contributed by atoms with Crippen LogP contribution in [0.4, 0.5) is 9.59 Å². The van der Waals surface area contributed by atoms with Gasteiger partial charge in [-0.05, 0) is 37.6 Å². The third-order valence-corrected chi connectivity index (χ3v) is 5.18. The maximum absolute atomic E-state index is 11.8. The summed E-state index contributed by atoms with van der Waals surface area (Å²) in [6, 6.07) is 18.0. The largest absolute Gasteiger partial charge is 0.450 e. The van der Waals surface area contributed by atoms with Gasteiger partial charge in [0.25, 0.3) is 0 Å². The minimum atomic E-state index is -0.522. The topological polar surface area (TPSA) is 128 Å². The summed E-state index contributed by atoms with van der Waals surface area (Å²) >= 11 is 0. The lowest BCUT2D eigenvalue weighted by Crippen LogP contribution is -2.34. The quantitative estimate of drug-likeness (QED) is 0.415. The summed E-state index contributed by atoms with van der Waals surface area (Å²) in [5.74, 6) is -0.0533. The van der Waals surface area contributed by atoms with Crippen LogP contribution in [0.15, 0.2) is 90.5 Å². The standard InChI is InChI=1S/C15H15NO3.C8H11NO3.C7H6O/c1-2-19-15(18)16-13-8-9-14(17)12(13)10-11-6-4-3-5-7-11;1-2-12-8(11)9-6-3-4-7(10)5-6;8-6-7-4-2-1-3-5-7/h3-10,13H,2H2,1H3,(H,16,18);3-4,6H,2,5H2,1H3,(H,9,11);1-6H/b12-10+;;. The first kappa shape index (κ1) is 30.4. The molecule has 2 aromatic carbocycles. The van der Waals surface area contributed by atoms with Crippen molar-refractivity contribution in [3.8, 4) is 0 Å². The Hall–Kier alpha value is -4.79. The highest BCUT2D eigenvalue weighted by molar-refractivity contribution is 6.11. The number of ether oxygens (including phenoxy) is 2. The normalized spacial score (nSPS) is 17.8. The minimum absolute atomic E-state index is 0.0387. The van der Waals surface area contributed by atoms with Crippen molar-refractivity contribution >= 4 is 36.1 Å².